The molecule has 0 unspecified atom stereocenters. The molecule has 3 N–H and O–H groups in total. The molecule has 0 spiro atoms. The quantitative estimate of drug-likeness (QED) is 0.368. The highest BCUT2D eigenvalue weighted by Crippen LogP contribution is 1.97. The Kier molecular flexibility index (Phi) is 6.85. The van der Waals surface area contributed by atoms with Crippen LogP contribution in [0.2, 0.25) is 0 Å². The summed E-state index contributed by atoms with van der Waals surface area (Å²) in [7, 11) is 0.624. The van der Waals surface area contributed by atoms with Crippen molar-refractivity contribution < 1.29 is 9.68 Å². The van der Waals surface area contributed by atoms with Crippen molar-refractivity contribution in [3.05, 3.63) is 0 Å². The van der Waals surface area contributed by atoms with Crippen LogP contribution in [0, 0.1) is 0 Å². The maximum atomic E-state index is 8.10. The van der Waals surface area contributed by atoms with Crippen LogP contribution in [-0.4, -0.2) is 24.3 Å². The van der Waals surface area contributed by atoms with Crippen LogP contribution < -0.4 is 5.73 Å². The van der Waals surface area contributed by atoms with E-state index in [-0.39, 0.29) is 6.23 Å². The lowest BCUT2D eigenvalue weighted by Gasteiger charge is -2.07. The van der Waals surface area contributed by atoms with Crippen molar-refractivity contribution in [3.63, 3.8) is 0 Å². The first kappa shape index (κ1) is 9.42. The molecule has 9 heavy (non-hydrogen) atoms. The Labute approximate surface area is 64.0 Å². The molecule has 0 rings (SSSR count). The van der Waals surface area contributed by atoms with Gasteiger partial charge in [0, 0.05) is 5.33 Å². The Morgan fingerprint density at radius 1 is 1.78 bits per heavy atom. The molecule has 0 fully saturated rings. The van der Waals surface area contributed by atoms with Crippen molar-refractivity contribution >= 4 is 23.6 Å². The number of hydrogen-bond donors (Lipinski definition) is 2. The summed E-state index contributed by atoms with van der Waals surface area (Å²) in [5.41, 5.74) is 5.34. The first-order valence-corrected chi connectivity index (χ1v) is 3.86. The Hall–Kier alpha value is 0.425. The van der Waals surface area contributed by atoms with Gasteiger partial charge in [-0.15, -0.1) is 0 Å². The SMILES string of the molecule is N[C@@H](CCCBr)O[B]O. The molecule has 0 bridgehead atoms. The van der Waals surface area contributed by atoms with Gasteiger partial charge in [0.25, 0.3) is 0 Å². The Morgan fingerprint density at radius 3 is 2.89 bits per heavy atom. The van der Waals surface area contributed by atoms with Crippen LogP contribution in [0.3, 0.4) is 0 Å². The fourth-order valence-corrected chi connectivity index (χ4v) is 0.748. The second kappa shape index (κ2) is 6.54. The van der Waals surface area contributed by atoms with Gasteiger partial charge in [-0.25, -0.2) is 0 Å². The average molecular weight is 195 g/mol. The van der Waals surface area contributed by atoms with Crippen LogP contribution in [-0.2, 0) is 4.65 Å². The summed E-state index contributed by atoms with van der Waals surface area (Å²) < 4.78 is 4.53. The van der Waals surface area contributed by atoms with Gasteiger partial charge in [0.05, 0.1) is 6.23 Å². The third kappa shape index (κ3) is 6.31. The lowest BCUT2D eigenvalue weighted by atomic mass is 10.3. The molecule has 0 aliphatic heterocycles. The molecule has 0 aromatic heterocycles. The fraction of sp³-hybridized carbons (Fsp3) is 1.00. The molecule has 0 heterocycles. The first-order chi connectivity index (χ1) is 4.31. The molecule has 53 valence electrons. The minimum atomic E-state index is -0.368. The summed E-state index contributed by atoms with van der Waals surface area (Å²) >= 11 is 3.25. The molecule has 0 saturated carbocycles. The largest absolute Gasteiger partial charge is 0.486 e. The normalized spacial score (nSPS) is 13.2. The molecule has 0 aromatic rings. The van der Waals surface area contributed by atoms with E-state index in [1.807, 2.05) is 0 Å². The highest BCUT2D eigenvalue weighted by molar-refractivity contribution is 9.09. The van der Waals surface area contributed by atoms with Crippen LogP contribution in [0.1, 0.15) is 12.8 Å². The molecular formula is C4H10BBrNO2. The molecule has 0 aromatic carbocycles. The highest BCUT2D eigenvalue weighted by atomic mass is 79.9. The topological polar surface area (TPSA) is 55.5 Å². The molecule has 1 radical (unpaired) electrons. The van der Waals surface area contributed by atoms with Crippen molar-refractivity contribution in [2.75, 3.05) is 5.33 Å². The van der Waals surface area contributed by atoms with Gasteiger partial charge < -0.3 is 15.4 Å². The standard InChI is InChI=1S/C4H10BBrNO2/c6-3-1-2-4(7)9-5-8/h4,8H,1-3,7H2/t4-/m1/s1. The molecule has 0 aliphatic carbocycles. The third-order valence-corrected chi connectivity index (χ3v) is 1.42. The maximum Gasteiger partial charge on any atom is 0.486 e. The minimum absolute atomic E-state index is 0.368. The number of alkyl halides is 1. The molecule has 5 heteroatoms. The summed E-state index contributed by atoms with van der Waals surface area (Å²) in [4.78, 5) is 0. The van der Waals surface area contributed by atoms with E-state index in [0.29, 0.717) is 7.69 Å². The highest BCUT2D eigenvalue weighted by Gasteiger charge is 2.00. The summed E-state index contributed by atoms with van der Waals surface area (Å²) in [6.07, 6.45) is 1.34. The zero-order chi connectivity index (χ0) is 7.11. The van der Waals surface area contributed by atoms with Gasteiger partial charge in [0.2, 0.25) is 0 Å². The van der Waals surface area contributed by atoms with Gasteiger partial charge in [-0.3, -0.25) is 0 Å². The molecule has 1 atom stereocenters. The lowest BCUT2D eigenvalue weighted by molar-refractivity contribution is 0.179. The Bertz CT molecular complexity index is 66.5. The van der Waals surface area contributed by atoms with Crippen LogP contribution in [0.15, 0.2) is 0 Å². The van der Waals surface area contributed by atoms with Crippen molar-refractivity contribution in [3.8, 4) is 0 Å². The summed E-state index contributed by atoms with van der Waals surface area (Å²) in [6, 6.07) is 0. The fourth-order valence-electron chi connectivity index (χ4n) is 0.425. The molecule has 0 aliphatic rings. The van der Waals surface area contributed by atoms with Crippen LogP contribution in [0.5, 0.6) is 0 Å². The maximum absolute atomic E-state index is 8.10. The van der Waals surface area contributed by atoms with Gasteiger partial charge in [-0.1, -0.05) is 15.9 Å². The zero-order valence-electron chi connectivity index (χ0n) is 5.09. The molecule has 0 amide bonds. The van der Waals surface area contributed by atoms with E-state index in [1.54, 1.807) is 0 Å². The van der Waals surface area contributed by atoms with Crippen LogP contribution >= 0.6 is 15.9 Å². The van der Waals surface area contributed by atoms with E-state index < -0.39 is 0 Å². The van der Waals surface area contributed by atoms with Crippen molar-refractivity contribution in [2.24, 2.45) is 5.73 Å². The molecular weight excluding hydrogens is 185 g/mol. The third-order valence-electron chi connectivity index (χ3n) is 0.858. The minimum Gasteiger partial charge on any atom is -0.429 e. The van der Waals surface area contributed by atoms with Crippen molar-refractivity contribution in [1.29, 1.82) is 0 Å². The number of hydrogen-bond acceptors (Lipinski definition) is 3. The van der Waals surface area contributed by atoms with E-state index in [0.717, 1.165) is 18.2 Å². The van der Waals surface area contributed by atoms with Crippen LogP contribution in [0.4, 0.5) is 0 Å². The Morgan fingerprint density at radius 2 is 2.44 bits per heavy atom. The van der Waals surface area contributed by atoms with E-state index in [2.05, 4.69) is 20.6 Å². The molecule has 3 nitrogen and oxygen atoms in total. The smallest absolute Gasteiger partial charge is 0.429 e. The number of halogens is 1. The predicted molar refractivity (Wildman–Crippen MR) is 40.1 cm³/mol. The second-order valence-electron chi connectivity index (χ2n) is 1.61. The van der Waals surface area contributed by atoms with E-state index in [9.17, 15) is 0 Å². The summed E-state index contributed by atoms with van der Waals surface area (Å²) in [5, 5.41) is 9.01. The Balaban J connectivity index is 2.95. The lowest BCUT2D eigenvalue weighted by Crippen LogP contribution is -2.25. The van der Waals surface area contributed by atoms with Crippen molar-refractivity contribution in [2.45, 2.75) is 19.1 Å². The van der Waals surface area contributed by atoms with Gasteiger partial charge in [0.15, 0.2) is 0 Å². The van der Waals surface area contributed by atoms with Gasteiger partial charge in [-0.2, -0.15) is 0 Å². The van der Waals surface area contributed by atoms with E-state index >= 15 is 0 Å². The summed E-state index contributed by atoms with van der Waals surface area (Å²) in [5.74, 6) is 0. The first-order valence-electron chi connectivity index (χ1n) is 2.74. The molecule has 0 saturated heterocycles. The summed E-state index contributed by atoms with van der Waals surface area (Å²) in [6.45, 7) is 0. The van der Waals surface area contributed by atoms with Gasteiger partial charge in [-0.05, 0) is 12.8 Å². The zero-order valence-corrected chi connectivity index (χ0v) is 6.67. The van der Waals surface area contributed by atoms with Crippen LogP contribution in [0.25, 0.3) is 0 Å². The number of rotatable bonds is 5. The second-order valence-corrected chi connectivity index (χ2v) is 2.40. The average Bonchev–Trinajstić information content (AvgIpc) is 1.85. The predicted octanol–water partition coefficient (Wildman–Crippen LogP) is -0.0106. The van der Waals surface area contributed by atoms with E-state index in [4.69, 9.17) is 10.8 Å². The van der Waals surface area contributed by atoms with E-state index in [1.165, 1.54) is 0 Å². The number of nitrogens with two attached hydrogens (primary N) is 1. The van der Waals surface area contributed by atoms with Gasteiger partial charge in [0.1, 0.15) is 0 Å². The van der Waals surface area contributed by atoms with Crippen molar-refractivity contribution in [1.82, 2.24) is 0 Å². The monoisotopic (exact) mass is 194 g/mol. The van der Waals surface area contributed by atoms with Gasteiger partial charge >= 0.3 is 7.69 Å².